The molecule has 0 saturated heterocycles. The van der Waals surface area contributed by atoms with Crippen LogP contribution in [0.2, 0.25) is 5.02 Å². The molecule has 0 saturated carbocycles. The number of aromatic nitrogens is 1. The number of ether oxygens (including phenoxy) is 1. The van der Waals surface area contributed by atoms with Crippen LogP contribution < -0.4 is 10.1 Å². The van der Waals surface area contributed by atoms with Crippen molar-refractivity contribution in [2.24, 2.45) is 0 Å². The Morgan fingerprint density at radius 3 is 2.82 bits per heavy atom. The van der Waals surface area contributed by atoms with Crippen LogP contribution in [0.25, 0.3) is 0 Å². The van der Waals surface area contributed by atoms with Gasteiger partial charge in [0.05, 0.1) is 29.5 Å². The number of carbonyl (C=O) groups is 2. The molecule has 10 heteroatoms. The highest BCUT2D eigenvalue weighted by Crippen LogP contribution is 2.31. The summed E-state index contributed by atoms with van der Waals surface area (Å²) >= 11 is 6.24. The number of para-hydroxylation sites is 1. The van der Waals surface area contributed by atoms with Crippen molar-refractivity contribution in [1.82, 2.24) is 19.7 Å². The number of likely N-dealkylation sites (N-methyl/N-ethyl adjacent to an activating group) is 2. The lowest BCUT2D eigenvalue weighted by Gasteiger charge is -2.25. The van der Waals surface area contributed by atoms with Crippen LogP contribution in [0.4, 0.5) is 10.5 Å². The van der Waals surface area contributed by atoms with Gasteiger partial charge in [0.15, 0.2) is 0 Å². The molecule has 2 aromatic rings. The van der Waals surface area contributed by atoms with Gasteiger partial charge in [-0.3, -0.25) is 14.7 Å². The van der Waals surface area contributed by atoms with E-state index in [1.165, 1.54) is 7.05 Å². The Morgan fingerprint density at radius 1 is 1.27 bits per heavy atom. The Kier molecular flexibility index (Phi) is 8.73. The SMILES string of the molecule is CCN1CCOc2c(cccc2NCC(=O)N(CCN(C)C(=O)O)Cc2ncccc2Cl)C1. The summed E-state index contributed by atoms with van der Waals surface area (Å²) in [5.74, 6) is 0.572. The lowest BCUT2D eigenvalue weighted by molar-refractivity contribution is -0.130. The van der Waals surface area contributed by atoms with Crippen molar-refractivity contribution in [2.45, 2.75) is 20.0 Å². The highest BCUT2D eigenvalue weighted by Gasteiger charge is 2.20. The normalized spacial score (nSPS) is 13.4. The average molecular weight is 476 g/mol. The maximum Gasteiger partial charge on any atom is 0.407 e. The number of amides is 2. The topological polar surface area (TPSA) is 98.2 Å². The van der Waals surface area contributed by atoms with E-state index in [2.05, 4.69) is 22.1 Å². The highest BCUT2D eigenvalue weighted by atomic mass is 35.5. The minimum atomic E-state index is -1.05. The number of nitrogens with zero attached hydrogens (tertiary/aromatic N) is 4. The molecule has 1 aromatic heterocycles. The maximum atomic E-state index is 13.1. The van der Waals surface area contributed by atoms with Gasteiger partial charge < -0.3 is 25.0 Å². The fourth-order valence-electron chi connectivity index (χ4n) is 3.54. The lowest BCUT2D eigenvalue weighted by Crippen LogP contribution is -2.41. The molecule has 178 valence electrons. The van der Waals surface area contributed by atoms with Crippen molar-refractivity contribution in [3.63, 3.8) is 0 Å². The van der Waals surface area contributed by atoms with Gasteiger partial charge in [-0.05, 0) is 24.7 Å². The second-order valence-corrected chi connectivity index (χ2v) is 8.22. The largest absolute Gasteiger partial charge is 0.490 e. The number of carbonyl (C=O) groups excluding carboxylic acids is 1. The Balaban J connectivity index is 1.71. The summed E-state index contributed by atoms with van der Waals surface area (Å²) in [6, 6.07) is 9.31. The number of nitrogens with one attached hydrogen (secondary N) is 1. The van der Waals surface area contributed by atoms with Crippen LogP contribution in [0.5, 0.6) is 5.75 Å². The molecule has 1 aliphatic rings. The summed E-state index contributed by atoms with van der Waals surface area (Å²) < 4.78 is 5.99. The third kappa shape index (κ3) is 6.72. The smallest absolute Gasteiger partial charge is 0.407 e. The number of anilines is 1. The molecule has 9 nitrogen and oxygen atoms in total. The standard InChI is InChI=1S/C23H30ClN5O4/c1-3-28-12-13-33-22-17(15-28)6-4-8-19(22)26-14-21(30)29(11-10-27(2)23(31)32)16-20-18(24)7-5-9-25-20/h4-9,26H,3,10-16H2,1-2H3,(H,31,32). The summed E-state index contributed by atoms with van der Waals surface area (Å²) in [6.45, 7) is 5.87. The quantitative estimate of drug-likeness (QED) is 0.575. The van der Waals surface area contributed by atoms with Crippen molar-refractivity contribution >= 4 is 29.3 Å². The lowest BCUT2D eigenvalue weighted by atomic mass is 10.1. The van der Waals surface area contributed by atoms with Gasteiger partial charge in [0.25, 0.3) is 0 Å². The number of hydrogen-bond acceptors (Lipinski definition) is 6. The average Bonchev–Trinajstić information content (AvgIpc) is 3.03. The zero-order chi connectivity index (χ0) is 23.8. The number of fused-ring (bicyclic) bond motifs is 1. The first kappa shape index (κ1) is 24.6. The van der Waals surface area contributed by atoms with Crippen molar-refractivity contribution in [3.05, 3.63) is 52.8 Å². The van der Waals surface area contributed by atoms with Crippen LogP contribution in [0, 0.1) is 0 Å². The first-order valence-corrected chi connectivity index (χ1v) is 11.3. The monoisotopic (exact) mass is 475 g/mol. The van der Waals surface area contributed by atoms with Crippen LogP contribution in [0.15, 0.2) is 36.5 Å². The predicted octanol–water partition coefficient (Wildman–Crippen LogP) is 3.00. The van der Waals surface area contributed by atoms with Gasteiger partial charge >= 0.3 is 6.09 Å². The van der Waals surface area contributed by atoms with Gasteiger partial charge in [-0.1, -0.05) is 30.7 Å². The van der Waals surface area contributed by atoms with E-state index >= 15 is 0 Å². The molecule has 0 unspecified atom stereocenters. The third-order valence-corrected chi connectivity index (χ3v) is 5.93. The van der Waals surface area contributed by atoms with Crippen LogP contribution >= 0.6 is 11.6 Å². The molecule has 2 amide bonds. The van der Waals surface area contributed by atoms with E-state index in [0.29, 0.717) is 17.3 Å². The summed E-state index contributed by atoms with van der Waals surface area (Å²) in [4.78, 5) is 33.6. The number of rotatable bonds is 9. The van der Waals surface area contributed by atoms with Crippen LogP contribution in [-0.2, 0) is 17.9 Å². The Bertz CT molecular complexity index is 974. The molecule has 2 heterocycles. The summed E-state index contributed by atoms with van der Waals surface area (Å²) in [5.41, 5.74) is 2.39. The van der Waals surface area contributed by atoms with E-state index in [-0.39, 0.29) is 32.1 Å². The first-order chi connectivity index (χ1) is 15.9. The summed E-state index contributed by atoms with van der Waals surface area (Å²) in [6.07, 6.45) is 0.559. The predicted molar refractivity (Wildman–Crippen MR) is 127 cm³/mol. The molecule has 0 atom stereocenters. The molecule has 0 radical (unpaired) electrons. The molecular formula is C23H30ClN5O4. The van der Waals surface area contributed by atoms with E-state index in [4.69, 9.17) is 21.4 Å². The number of pyridine rings is 1. The van der Waals surface area contributed by atoms with Gasteiger partial charge in [0, 0.05) is 45.0 Å². The van der Waals surface area contributed by atoms with Crippen molar-refractivity contribution in [3.8, 4) is 5.75 Å². The molecule has 33 heavy (non-hydrogen) atoms. The maximum absolute atomic E-state index is 13.1. The van der Waals surface area contributed by atoms with Gasteiger partial charge in [-0.25, -0.2) is 4.79 Å². The second kappa shape index (κ2) is 11.7. The van der Waals surface area contributed by atoms with Gasteiger partial charge in [0.2, 0.25) is 5.91 Å². The molecule has 0 spiro atoms. The molecule has 3 rings (SSSR count). The molecular weight excluding hydrogens is 446 g/mol. The molecule has 0 aliphatic carbocycles. The van der Waals surface area contributed by atoms with Gasteiger partial charge in [-0.2, -0.15) is 0 Å². The highest BCUT2D eigenvalue weighted by molar-refractivity contribution is 6.31. The molecule has 1 aliphatic heterocycles. The fourth-order valence-corrected chi connectivity index (χ4v) is 3.72. The summed E-state index contributed by atoms with van der Waals surface area (Å²) in [7, 11) is 1.47. The minimum absolute atomic E-state index is 0.0263. The third-order valence-electron chi connectivity index (χ3n) is 5.58. The van der Waals surface area contributed by atoms with Crippen molar-refractivity contribution < 1.29 is 19.4 Å². The van der Waals surface area contributed by atoms with Gasteiger partial charge in [-0.15, -0.1) is 0 Å². The van der Waals surface area contributed by atoms with E-state index in [1.807, 2.05) is 18.2 Å². The van der Waals surface area contributed by atoms with Crippen LogP contribution in [-0.4, -0.2) is 83.2 Å². The molecule has 0 bridgehead atoms. The van der Waals surface area contributed by atoms with Crippen LogP contribution in [0.3, 0.4) is 0 Å². The van der Waals surface area contributed by atoms with E-state index in [0.717, 1.165) is 41.5 Å². The number of hydrogen-bond donors (Lipinski definition) is 2. The molecule has 0 fully saturated rings. The number of carboxylic acid groups (broad SMARTS) is 1. The molecule has 1 aromatic carbocycles. The Hall–Kier alpha value is -3.04. The Labute approximate surface area is 198 Å². The Morgan fingerprint density at radius 2 is 2.09 bits per heavy atom. The first-order valence-electron chi connectivity index (χ1n) is 10.9. The van der Waals surface area contributed by atoms with E-state index in [1.54, 1.807) is 23.2 Å². The van der Waals surface area contributed by atoms with Crippen LogP contribution in [0.1, 0.15) is 18.2 Å². The molecule has 2 N–H and O–H groups in total. The fraction of sp³-hybridized carbons (Fsp3) is 0.435. The number of halogens is 1. The zero-order valence-corrected chi connectivity index (χ0v) is 19.7. The second-order valence-electron chi connectivity index (χ2n) is 7.82. The summed E-state index contributed by atoms with van der Waals surface area (Å²) in [5, 5.41) is 12.8. The van der Waals surface area contributed by atoms with E-state index in [9.17, 15) is 9.59 Å². The van der Waals surface area contributed by atoms with Crippen molar-refractivity contribution in [2.75, 3.05) is 51.7 Å². The number of benzene rings is 1. The minimum Gasteiger partial charge on any atom is -0.490 e. The van der Waals surface area contributed by atoms with Gasteiger partial charge in [0.1, 0.15) is 12.4 Å². The zero-order valence-electron chi connectivity index (χ0n) is 19.0. The van der Waals surface area contributed by atoms with E-state index < -0.39 is 6.09 Å². The van der Waals surface area contributed by atoms with Crippen molar-refractivity contribution in [1.29, 1.82) is 0 Å².